The molecule has 6 unspecified atom stereocenters. The molecule has 24 heavy (non-hydrogen) atoms. The molecule has 8 nitrogen and oxygen atoms in total. The maximum absolute atomic E-state index is 10.1. The van der Waals surface area contributed by atoms with Gasteiger partial charge < -0.3 is 40.0 Å². The predicted molar refractivity (Wildman–Crippen MR) is 85.7 cm³/mol. The van der Waals surface area contributed by atoms with Crippen LogP contribution in [0, 0.1) is 0 Å². The van der Waals surface area contributed by atoms with Crippen LogP contribution in [0.1, 0.15) is 12.5 Å². The van der Waals surface area contributed by atoms with Crippen molar-refractivity contribution in [2.45, 2.75) is 50.3 Å². The lowest BCUT2D eigenvalue weighted by Crippen LogP contribution is -2.61. The Morgan fingerprint density at radius 1 is 1.21 bits per heavy atom. The van der Waals surface area contributed by atoms with Gasteiger partial charge >= 0.3 is 0 Å². The minimum Gasteiger partial charge on any atom is -0.460 e. The summed E-state index contributed by atoms with van der Waals surface area (Å²) in [5.74, 6) is 0.398. The zero-order chi connectivity index (χ0) is 17.9. The third-order valence-electron chi connectivity index (χ3n) is 3.95. The second kappa shape index (κ2) is 8.11. The molecule has 0 radical (unpaired) electrons. The Morgan fingerprint density at radius 2 is 1.92 bits per heavy atom. The molecular weight excluding hydrogens is 318 g/mol. The van der Waals surface area contributed by atoms with Crippen LogP contribution in [0.15, 0.2) is 18.2 Å². The van der Waals surface area contributed by atoms with Gasteiger partial charge in [0.05, 0.1) is 18.4 Å². The molecule has 5 N–H and O–H groups in total. The maximum Gasteiger partial charge on any atom is 0.229 e. The average Bonchev–Trinajstić information content (AvgIpc) is 2.56. The van der Waals surface area contributed by atoms with Crippen LogP contribution in [-0.4, -0.2) is 71.4 Å². The van der Waals surface area contributed by atoms with E-state index in [1.54, 1.807) is 26.3 Å². The minimum absolute atomic E-state index is 0.398. The van der Waals surface area contributed by atoms with Crippen LogP contribution in [0.25, 0.3) is 0 Å². The van der Waals surface area contributed by atoms with E-state index in [9.17, 15) is 20.4 Å². The van der Waals surface area contributed by atoms with E-state index in [0.717, 1.165) is 5.56 Å². The summed E-state index contributed by atoms with van der Waals surface area (Å²) in [5, 5.41) is 42.6. The van der Waals surface area contributed by atoms with Gasteiger partial charge in [-0.2, -0.15) is 0 Å². The lowest BCUT2D eigenvalue weighted by Gasteiger charge is -2.41. The highest BCUT2D eigenvalue weighted by Gasteiger charge is 2.46. The number of ether oxygens (including phenoxy) is 3. The third-order valence-corrected chi connectivity index (χ3v) is 3.95. The second-order valence-corrected chi connectivity index (χ2v) is 5.81. The first-order valence-corrected chi connectivity index (χ1v) is 7.73. The minimum atomic E-state index is -1.49. The molecule has 0 aromatic heterocycles. The summed E-state index contributed by atoms with van der Waals surface area (Å²) >= 11 is 0. The standard InChI is InChI=1S/C16H25NO7/c1-8(18)15-13(20)12(19)14(21)16(24-15)23-11-5-4-9(7-22-3)6-10(11)17-2/h4-6,8,12-21H,7H2,1-3H3. The largest absolute Gasteiger partial charge is 0.460 e. The van der Waals surface area contributed by atoms with Gasteiger partial charge in [-0.05, 0) is 24.6 Å². The van der Waals surface area contributed by atoms with Gasteiger partial charge in [0.1, 0.15) is 30.2 Å². The Hall–Kier alpha value is -1.42. The van der Waals surface area contributed by atoms with E-state index in [0.29, 0.717) is 18.0 Å². The first-order chi connectivity index (χ1) is 11.4. The molecule has 1 heterocycles. The maximum atomic E-state index is 10.1. The highest BCUT2D eigenvalue weighted by Crippen LogP contribution is 2.31. The van der Waals surface area contributed by atoms with Gasteiger partial charge in [0, 0.05) is 14.2 Å². The van der Waals surface area contributed by atoms with Gasteiger partial charge in [0.25, 0.3) is 0 Å². The fraction of sp³-hybridized carbons (Fsp3) is 0.625. The highest BCUT2D eigenvalue weighted by molar-refractivity contribution is 5.57. The van der Waals surface area contributed by atoms with E-state index in [1.165, 1.54) is 6.92 Å². The van der Waals surface area contributed by atoms with Gasteiger partial charge in [-0.25, -0.2) is 0 Å². The summed E-state index contributed by atoms with van der Waals surface area (Å²) < 4.78 is 16.2. The Balaban J connectivity index is 2.19. The zero-order valence-corrected chi connectivity index (χ0v) is 13.9. The number of benzene rings is 1. The molecule has 2 rings (SSSR count). The molecule has 136 valence electrons. The van der Waals surface area contributed by atoms with E-state index in [2.05, 4.69) is 5.32 Å². The SMILES string of the molecule is CNc1cc(COC)ccc1OC1OC(C(C)O)C(O)C(O)C1O. The molecule has 0 saturated carbocycles. The van der Waals surface area contributed by atoms with E-state index < -0.39 is 36.8 Å². The Kier molecular flexibility index (Phi) is 6.39. The van der Waals surface area contributed by atoms with Gasteiger partial charge in [-0.3, -0.25) is 0 Å². The molecular formula is C16H25NO7. The first-order valence-electron chi connectivity index (χ1n) is 7.73. The van der Waals surface area contributed by atoms with Crippen molar-refractivity contribution in [2.75, 3.05) is 19.5 Å². The molecule has 1 aromatic rings. The van der Waals surface area contributed by atoms with Crippen molar-refractivity contribution in [1.29, 1.82) is 0 Å². The summed E-state index contributed by atoms with van der Waals surface area (Å²) in [6.45, 7) is 1.86. The molecule has 0 amide bonds. The number of rotatable bonds is 6. The molecule has 1 aliphatic rings. The van der Waals surface area contributed by atoms with Gasteiger partial charge in [-0.1, -0.05) is 6.07 Å². The second-order valence-electron chi connectivity index (χ2n) is 5.81. The fourth-order valence-electron chi connectivity index (χ4n) is 2.63. The van der Waals surface area contributed by atoms with Crippen molar-refractivity contribution in [1.82, 2.24) is 0 Å². The monoisotopic (exact) mass is 343 g/mol. The lowest BCUT2D eigenvalue weighted by atomic mass is 9.96. The summed E-state index contributed by atoms with van der Waals surface area (Å²) in [6.07, 6.45) is -7.70. The van der Waals surface area contributed by atoms with Gasteiger partial charge in [-0.15, -0.1) is 0 Å². The van der Waals surface area contributed by atoms with Crippen LogP contribution < -0.4 is 10.1 Å². The molecule has 0 spiro atoms. The van der Waals surface area contributed by atoms with E-state index in [1.807, 2.05) is 6.07 Å². The van der Waals surface area contributed by atoms with E-state index in [-0.39, 0.29) is 0 Å². The number of hydrogen-bond acceptors (Lipinski definition) is 8. The third kappa shape index (κ3) is 3.97. The Bertz CT molecular complexity index is 539. The molecule has 1 aromatic carbocycles. The van der Waals surface area contributed by atoms with Gasteiger partial charge in [0.2, 0.25) is 6.29 Å². The quantitative estimate of drug-likeness (QED) is 0.466. The lowest BCUT2D eigenvalue weighted by molar-refractivity contribution is -0.286. The van der Waals surface area contributed by atoms with Crippen LogP contribution in [0.5, 0.6) is 5.75 Å². The van der Waals surface area contributed by atoms with Crippen molar-refractivity contribution >= 4 is 5.69 Å². The summed E-state index contributed by atoms with van der Waals surface area (Å²) in [5.41, 5.74) is 1.58. The van der Waals surface area contributed by atoms with Crippen LogP contribution >= 0.6 is 0 Å². The zero-order valence-electron chi connectivity index (χ0n) is 13.9. The van der Waals surface area contributed by atoms with Gasteiger partial charge in [0.15, 0.2) is 0 Å². The smallest absolute Gasteiger partial charge is 0.229 e. The number of hydrogen-bond donors (Lipinski definition) is 5. The first kappa shape index (κ1) is 18.9. The van der Waals surface area contributed by atoms with Crippen LogP contribution in [-0.2, 0) is 16.1 Å². The number of aliphatic hydroxyl groups excluding tert-OH is 4. The predicted octanol–water partition coefficient (Wildman–Crippen LogP) is -0.558. The van der Waals surface area contributed by atoms with Crippen molar-refractivity contribution in [3.63, 3.8) is 0 Å². The molecule has 0 bridgehead atoms. The van der Waals surface area contributed by atoms with Crippen molar-refractivity contribution in [2.24, 2.45) is 0 Å². The molecule has 0 aliphatic carbocycles. The number of aliphatic hydroxyl groups is 4. The average molecular weight is 343 g/mol. The molecule has 6 atom stereocenters. The normalized spacial score (nSPS) is 31.5. The molecule has 1 fully saturated rings. The van der Waals surface area contributed by atoms with Crippen molar-refractivity contribution in [3.05, 3.63) is 23.8 Å². The van der Waals surface area contributed by atoms with E-state index >= 15 is 0 Å². The summed E-state index contributed by atoms with van der Waals surface area (Å²) in [4.78, 5) is 0. The Morgan fingerprint density at radius 3 is 2.50 bits per heavy atom. The van der Waals surface area contributed by atoms with Crippen LogP contribution in [0.2, 0.25) is 0 Å². The molecule has 1 aliphatic heterocycles. The van der Waals surface area contributed by atoms with Crippen molar-refractivity contribution < 1.29 is 34.6 Å². The topological polar surface area (TPSA) is 121 Å². The van der Waals surface area contributed by atoms with Crippen LogP contribution in [0.3, 0.4) is 0 Å². The summed E-state index contributed by atoms with van der Waals surface area (Å²) in [7, 11) is 3.31. The molecule has 1 saturated heterocycles. The molecule has 8 heteroatoms. The van der Waals surface area contributed by atoms with E-state index in [4.69, 9.17) is 14.2 Å². The highest BCUT2D eigenvalue weighted by atomic mass is 16.7. The fourth-order valence-corrected chi connectivity index (χ4v) is 2.63. The number of nitrogens with one attached hydrogen (secondary N) is 1. The Labute approximate surface area is 140 Å². The number of anilines is 1. The van der Waals surface area contributed by atoms with Crippen LogP contribution in [0.4, 0.5) is 5.69 Å². The number of methoxy groups -OCH3 is 1. The summed E-state index contributed by atoms with van der Waals surface area (Å²) in [6, 6.07) is 5.31. The van der Waals surface area contributed by atoms with Crippen molar-refractivity contribution in [3.8, 4) is 5.75 Å².